The molecule has 0 N–H and O–H groups in total. The third-order valence-electron chi connectivity index (χ3n) is 3.81. The first-order valence-electron chi connectivity index (χ1n) is 7.68. The maximum atomic E-state index is 12.5. The molecule has 0 radical (unpaired) electrons. The number of methoxy groups -OCH3 is 1. The van der Waals surface area contributed by atoms with Gasteiger partial charge in [-0.3, -0.25) is 9.69 Å². The van der Waals surface area contributed by atoms with Crippen LogP contribution >= 0.6 is 35.0 Å². The summed E-state index contributed by atoms with van der Waals surface area (Å²) in [7, 11) is 1.53. The molecule has 1 atom stereocenters. The molecule has 0 aliphatic carbocycles. The molecule has 0 spiro atoms. The fraction of sp³-hybridized carbons (Fsp3) is 0.211. The molecular weight excluding hydrogens is 393 g/mol. The Morgan fingerprint density at radius 3 is 2.69 bits per heavy atom. The third-order valence-corrected chi connectivity index (χ3v) is 5.55. The zero-order valence-corrected chi connectivity index (χ0v) is 16.2. The van der Waals surface area contributed by atoms with Crippen LogP contribution in [0.3, 0.4) is 0 Å². The summed E-state index contributed by atoms with van der Waals surface area (Å²) in [6, 6.07) is 10.7. The number of benzene rings is 2. The molecule has 4 nitrogen and oxygen atoms in total. The zero-order valence-electron chi connectivity index (χ0n) is 13.9. The number of anilines is 1. The Kier molecular flexibility index (Phi) is 5.87. The van der Waals surface area contributed by atoms with E-state index >= 15 is 0 Å². The minimum atomic E-state index is -0.225. The summed E-state index contributed by atoms with van der Waals surface area (Å²) in [5.41, 5.74) is 1.61. The van der Waals surface area contributed by atoms with E-state index in [1.54, 1.807) is 23.1 Å². The van der Waals surface area contributed by atoms with Gasteiger partial charge < -0.3 is 9.47 Å². The van der Waals surface area contributed by atoms with Crippen molar-refractivity contribution in [2.75, 3.05) is 24.4 Å². The number of hydrogen-bond donors (Lipinski definition) is 0. The first-order chi connectivity index (χ1) is 12.5. The number of carbonyl (C=O) groups excluding carboxylic acids is 1. The number of terminal acetylenes is 1. The van der Waals surface area contributed by atoms with Gasteiger partial charge in [0.2, 0.25) is 5.91 Å². The lowest BCUT2D eigenvalue weighted by molar-refractivity contribution is -0.115. The Hall–Kier alpha value is -2.00. The maximum absolute atomic E-state index is 12.5. The van der Waals surface area contributed by atoms with Crippen molar-refractivity contribution in [3.63, 3.8) is 0 Å². The Morgan fingerprint density at radius 2 is 2.04 bits per heavy atom. The molecule has 2 aromatic carbocycles. The Balaban J connectivity index is 1.99. The first-order valence-corrected chi connectivity index (χ1v) is 9.48. The molecule has 134 valence electrons. The van der Waals surface area contributed by atoms with Gasteiger partial charge in [-0.1, -0.05) is 29.1 Å². The van der Waals surface area contributed by atoms with Gasteiger partial charge >= 0.3 is 0 Å². The number of carbonyl (C=O) groups is 1. The normalized spacial score (nSPS) is 16.5. The highest BCUT2D eigenvalue weighted by Crippen LogP contribution is 2.46. The fourth-order valence-electron chi connectivity index (χ4n) is 2.69. The molecule has 2 aromatic rings. The molecule has 1 amide bonds. The molecule has 3 rings (SSSR count). The zero-order chi connectivity index (χ0) is 18.7. The Bertz CT molecular complexity index is 864. The molecule has 1 aliphatic heterocycles. The fourth-order valence-corrected chi connectivity index (χ4v) is 4.24. The second-order valence-electron chi connectivity index (χ2n) is 5.43. The van der Waals surface area contributed by atoms with Crippen molar-refractivity contribution in [3.05, 3.63) is 52.0 Å². The van der Waals surface area contributed by atoms with Gasteiger partial charge in [-0.25, -0.2) is 0 Å². The van der Waals surface area contributed by atoms with E-state index in [2.05, 4.69) is 5.92 Å². The largest absolute Gasteiger partial charge is 0.493 e. The average Bonchev–Trinajstić information content (AvgIpc) is 3.02. The van der Waals surface area contributed by atoms with E-state index < -0.39 is 0 Å². The maximum Gasteiger partial charge on any atom is 0.238 e. The molecule has 1 heterocycles. The molecule has 0 aromatic heterocycles. The van der Waals surface area contributed by atoms with Crippen LogP contribution in [0.15, 0.2) is 36.4 Å². The molecular formula is C19H15Cl2NO3S. The lowest BCUT2D eigenvalue weighted by atomic mass is 10.1. The number of nitrogens with zero attached hydrogens (tertiary/aromatic N) is 1. The van der Waals surface area contributed by atoms with Crippen LogP contribution < -0.4 is 14.4 Å². The van der Waals surface area contributed by atoms with Crippen LogP contribution in [-0.2, 0) is 4.79 Å². The number of hydrogen-bond acceptors (Lipinski definition) is 4. The van der Waals surface area contributed by atoms with E-state index in [4.69, 9.17) is 39.1 Å². The minimum absolute atomic E-state index is 0.0186. The highest BCUT2D eigenvalue weighted by atomic mass is 35.5. The number of thioether (sulfide) groups is 1. The van der Waals surface area contributed by atoms with Crippen molar-refractivity contribution < 1.29 is 14.3 Å². The van der Waals surface area contributed by atoms with E-state index in [-0.39, 0.29) is 17.9 Å². The molecule has 1 aliphatic rings. The van der Waals surface area contributed by atoms with Gasteiger partial charge in [0.25, 0.3) is 0 Å². The predicted molar refractivity (Wildman–Crippen MR) is 106 cm³/mol. The quantitative estimate of drug-likeness (QED) is 0.667. The summed E-state index contributed by atoms with van der Waals surface area (Å²) in [6.45, 7) is 0.0863. The summed E-state index contributed by atoms with van der Waals surface area (Å²) in [6.07, 6.45) is 5.24. The van der Waals surface area contributed by atoms with E-state index in [9.17, 15) is 4.79 Å². The average molecular weight is 408 g/mol. The highest BCUT2D eigenvalue weighted by Gasteiger charge is 2.35. The Morgan fingerprint density at radius 1 is 1.31 bits per heavy atom. The molecule has 0 unspecified atom stereocenters. The van der Waals surface area contributed by atoms with Crippen molar-refractivity contribution in [3.8, 4) is 23.8 Å². The van der Waals surface area contributed by atoms with Crippen molar-refractivity contribution in [2.45, 2.75) is 5.37 Å². The van der Waals surface area contributed by atoms with Crippen molar-refractivity contribution in [1.29, 1.82) is 0 Å². The highest BCUT2D eigenvalue weighted by molar-refractivity contribution is 8.00. The molecule has 1 fully saturated rings. The van der Waals surface area contributed by atoms with Gasteiger partial charge in [-0.05, 0) is 42.0 Å². The number of ether oxygens (including phenoxy) is 2. The lowest BCUT2D eigenvalue weighted by Gasteiger charge is -2.25. The molecule has 0 bridgehead atoms. The molecule has 7 heteroatoms. The third kappa shape index (κ3) is 3.73. The van der Waals surface area contributed by atoms with E-state index in [0.29, 0.717) is 27.3 Å². The van der Waals surface area contributed by atoms with Gasteiger partial charge in [-0.15, -0.1) is 18.2 Å². The first kappa shape index (κ1) is 18.8. The number of rotatable bonds is 5. The van der Waals surface area contributed by atoms with Gasteiger partial charge in [0.15, 0.2) is 11.5 Å². The summed E-state index contributed by atoms with van der Waals surface area (Å²) in [5.74, 6) is 3.66. The standard InChI is InChI=1S/C19H15Cl2NO3S/c1-3-8-25-18-15(21)9-12(10-16(18)24-2)19-22(17(23)11-26-19)14-6-4-13(20)5-7-14/h1,4-7,9-10,19H,8,11H2,2H3/t19-/m1/s1. The van der Waals surface area contributed by atoms with Crippen molar-refractivity contribution in [2.24, 2.45) is 0 Å². The smallest absolute Gasteiger partial charge is 0.238 e. The van der Waals surface area contributed by atoms with Crippen LogP contribution in [0, 0.1) is 12.3 Å². The van der Waals surface area contributed by atoms with Gasteiger partial charge in [0, 0.05) is 10.7 Å². The SMILES string of the molecule is C#CCOc1c(Cl)cc([C@H]2SCC(=O)N2c2ccc(Cl)cc2)cc1OC. The van der Waals surface area contributed by atoms with Crippen LogP contribution in [0.5, 0.6) is 11.5 Å². The van der Waals surface area contributed by atoms with Crippen LogP contribution in [0.1, 0.15) is 10.9 Å². The van der Waals surface area contributed by atoms with Gasteiger partial charge in [-0.2, -0.15) is 0 Å². The van der Waals surface area contributed by atoms with Crippen molar-refractivity contribution >= 4 is 46.6 Å². The van der Waals surface area contributed by atoms with Crippen LogP contribution in [0.25, 0.3) is 0 Å². The summed E-state index contributed by atoms with van der Waals surface area (Å²) in [4.78, 5) is 14.2. The second-order valence-corrected chi connectivity index (χ2v) is 7.34. The number of halogens is 2. The van der Waals surface area contributed by atoms with E-state index in [1.807, 2.05) is 18.2 Å². The minimum Gasteiger partial charge on any atom is -0.493 e. The second kappa shape index (κ2) is 8.13. The number of amides is 1. The van der Waals surface area contributed by atoms with Gasteiger partial charge in [0.05, 0.1) is 17.9 Å². The lowest BCUT2D eigenvalue weighted by Crippen LogP contribution is -2.27. The van der Waals surface area contributed by atoms with Gasteiger partial charge in [0.1, 0.15) is 12.0 Å². The van der Waals surface area contributed by atoms with Crippen molar-refractivity contribution in [1.82, 2.24) is 0 Å². The Labute approximate surface area is 166 Å². The van der Waals surface area contributed by atoms with Crippen LogP contribution in [-0.4, -0.2) is 25.4 Å². The summed E-state index contributed by atoms with van der Waals surface area (Å²) < 4.78 is 10.9. The monoisotopic (exact) mass is 407 g/mol. The summed E-state index contributed by atoms with van der Waals surface area (Å²) >= 11 is 13.9. The van der Waals surface area contributed by atoms with E-state index in [1.165, 1.54) is 18.9 Å². The topological polar surface area (TPSA) is 38.8 Å². The summed E-state index contributed by atoms with van der Waals surface area (Å²) in [5, 5.41) is 0.770. The molecule has 0 saturated carbocycles. The van der Waals surface area contributed by atoms with Crippen LogP contribution in [0.4, 0.5) is 5.69 Å². The van der Waals surface area contributed by atoms with Crippen LogP contribution in [0.2, 0.25) is 10.0 Å². The molecule has 26 heavy (non-hydrogen) atoms. The predicted octanol–water partition coefficient (Wildman–Crippen LogP) is 4.79. The molecule has 1 saturated heterocycles. The van der Waals surface area contributed by atoms with E-state index in [0.717, 1.165) is 11.3 Å².